The topological polar surface area (TPSA) is 86.3 Å². The van der Waals surface area contributed by atoms with Crippen LogP contribution in [0.3, 0.4) is 0 Å². The first kappa shape index (κ1) is 40.9. The van der Waals surface area contributed by atoms with E-state index in [1.54, 1.807) is 21.3 Å². The van der Waals surface area contributed by atoms with Crippen molar-refractivity contribution in [2.45, 2.75) is 168 Å². The lowest BCUT2D eigenvalue weighted by molar-refractivity contribution is -0.288. The summed E-state index contributed by atoms with van der Waals surface area (Å²) in [6, 6.07) is 0.437. The van der Waals surface area contributed by atoms with E-state index in [-0.39, 0.29) is 24.8 Å². The summed E-state index contributed by atoms with van der Waals surface area (Å²) in [5.41, 5.74) is 0. The van der Waals surface area contributed by atoms with Crippen LogP contribution in [0.15, 0.2) is 0 Å². The zero-order valence-electron chi connectivity index (χ0n) is 30.2. The number of ether oxygens (including phenoxy) is 3. The Hall–Kier alpha value is 0.681. The quantitative estimate of drug-likeness (QED) is 0.110. The highest BCUT2D eigenvalue weighted by atomic mass is 31.2. The Morgan fingerprint density at radius 2 is 1.30 bits per heavy atom. The van der Waals surface area contributed by atoms with Crippen molar-refractivity contribution in [2.75, 3.05) is 27.9 Å². The Labute approximate surface area is 274 Å². The van der Waals surface area contributed by atoms with Crippen molar-refractivity contribution < 1.29 is 40.3 Å². The lowest BCUT2D eigenvalue weighted by atomic mass is 9.99. The largest absolute Gasteiger partial charge is 0.658 e. The first-order valence-corrected chi connectivity index (χ1v) is 26.3. The Morgan fingerprint density at radius 1 is 0.795 bits per heavy atom. The zero-order chi connectivity index (χ0) is 33.2. The number of hydrogen-bond acceptors (Lipinski definition) is 10. The lowest BCUT2D eigenvalue weighted by Crippen LogP contribution is -2.62. The highest BCUT2D eigenvalue weighted by Crippen LogP contribution is 2.50. The molecule has 0 radical (unpaired) electrons. The van der Waals surface area contributed by atoms with Crippen molar-refractivity contribution in [1.29, 1.82) is 0 Å². The molecule has 0 spiro atoms. The highest BCUT2D eigenvalue weighted by molar-refractivity contribution is 7.44. The third-order valence-electron chi connectivity index (χ3n) is 7.63. The zero-order valence-corrected chi connectivity index (χ0v) is 34.1. The Balaban J connectivity index is 2.46. The van der Waals surface area contributed by atoms with Crippen molar-refractivity contribution in [1.82, 2.24) is 4.67 Å². The second-order valence-electron chi connectivity index (χ2n) is 14.6. The monoisotopic (exact) mass is 699 g/mol. The minimum Gasteiger partial charge on any atom is -0.395 e. The molecule has 0 aromatic carbocycles. The number of nitrogens with zero attached hydrogens (tertiary/aromatic N) is 1. The molecule has 10 nitrogen and oxygen atoms in total. The molecule has 1 saturated heterocycles. The molecule has 1 heterocycles. The van der Waals surface area contributed by atoms with E-state index in [9.17, 15) is 0 Å². The predicted molar refractivity (Wildman–Crippen MR) is 184 cm³/mol. The van der Waals surface area contributed by atoms with Crippen molar-refractivity contribution in [2.24, 2.45) is 0 Å². The van der Waals surface area contributed by atoms with Gasteiger partial charge in [0.2, 0.25) is 5.79 Å². The molecule has 0 N–H and O–H groups in total. The molecule has 2 rings (SSSR count). The third-order valence-corrected chi connectivity index (χ3v) is 17.7. The van der Waals surface area contributed by atoms with Crippen molar-refractivity contribution >= 4 is 34.2 Å². The lowest BCUT2D eigenvalue weighted by Gasteiger charge is -2.42. The van der Waals surface area contributed by atoms with Crippen molar-refractivity contribution in [3.8, 4) is 0 Å². The summed E-state index contributed by atoms with van der Waals surface area (Å²) in [6.45, 7) is 21.5. The minimum absolute atomic E-state index is 0.0121. The van der Waals surface area contributed by atoms with Gasteiger partial charge in [-0.1, -0.05) is 44.9 Å². The maximum absolute atomic E-state index is 7.03. The second-order valence-corrected chi connectivity index (χ2v) is 27.7. The van der Waals surface area contributed by atoms with Crippen molar-refractivity contribution in [3.63, 3.8) is 0 Å². The fraction of sp³-hybridized carbons (Fsp3) is 1.00. The van der Waals surface area contributed by atoms with Crippen LogP contribution < -0.4 is 0 Å². The van der Waals surface area contributed by atoms with Crippen LogP contribution in [0, 0.1) is 0 Å². The first-order chi connectivity index (χ1) is 20.5. The van der Waals surface area contributed by atoms with Gasteiger partial charge in [-0.3, -0.25) is 0 Å². The Morgan fingerprint density at radius 3 is 1.70 bits per heavy atom. The van der Waals surface area contributed by atoms with Gasteiger partial charge in [-0.05, 0) is 79.8 Å². The van der Waals surface area contributed by atoms with Gasteiger partial charge in [0, 0.05) is 39.8 Å². The van der Waals surface area contributed by atoms with Gasteiger partial charge in [-0.2, -0.15) is 0 Å². The Bertz CT molecular complexity index is 784. The van der Waals surface area contributed by atoms with Gasteiger partial charge in [-0.15, -0.1) is 0 Å². The molecular weight excluding hydrogens is 634 g/mol. The molecular formula is C30H66NO9PSi3. The standard InChI is InChI=1S/C30H66NO9PSi3/c1-25(2)31(26(3)4)41(34-7)37-28-23-29(32-5)36-30(28,33-6)24-35-44(39-42(8,9)10,40-43(11,12)13)38-27-21-19-17-15-14-16-18-20-22-27/h25-29H,14-24H2,1-13H3/t28-,29-,30+,41?/m0/s1. The summed E-state index contributed by atoms with van der Waals surface area (Å²) in [6.07, 6.45) is 9.98. The third kappa shape index (κ3) is 13.3. The SMILES string of the molecule is CO[C@@H]1C[C@H](OP(OC)N(C(C)C)C(C)C)[C@](CO[Si](OC2CCCCCCCCC2)(O[Si](C)(C)C)O[Si](C)(C)C)(OC)O1. The normalized spacial score (nSPS) is 26.2. The predicted octanol–water partition coefficient (Wildman–Crippen LogP) is 8.16. The maximum Gasteiger partial charge on any atom is 0.658 e. The average molecular weight is 700 g/mol. The highest BCUT2D eigenvalue weighted by Gasteiger charge is 2.59. The van der Waals surface area contributed by atoms with Gasteiger partial charge in [0.05, 0.1) is 12.7 Å². The van der Waals surface area contributed by atoms with E-state index in [4.69, 9.17) is 40.3 Å². The van der Waals surface area contributed by atoms with Crippen LogP contribution in [0.4, 0.5) is 0 Å². The molecule has 1 aliphatic heterocycles. The van der Waals surface area contributed by atoms with E-state index in [1.807, 2.05) is 0 Å². The molecule has 0 aromatic heterocycles. The van der Waals surface area contributed by atoms with Crippen LogP contribution in [0.25, 0.3) is 0 Å². The van der Waals surface area contributed by atoms with E-state index < -0.39 is 52.4 Å². The van der Waals surface area contributed by atoms with E-state index in [0.29, 0.717) is 6.42 Å². The van der Waals surface area contributed by atoms with Crippen LogP contribution in [-0.2, 0) is 40.3 Å². The molecule has 2 aliphatic rings. The molecule has 262 valence electrons. The van der Waals surface area contributed by atoms with Crippen LogP contribution in [0.2, 0.25) is 39.3 Å². The van der Waals surface area contributed by atoms with E-state index in [2.05, 4.69) is 71.6 Å². The molecule has 0 aromatic rings. The molecule has 44 heavy (non-hydrogen) atoms. The molecule has 0 bridgehead atoms. The minimum atomic E-state index is -3.69. The van der Waals surface area contributed by atoms with E-state index in [1.165, 1.54) is 32.1 Å². The van der Waals surface area contributed by atoms with Gasteiger partial charge < -0.3 is 40.3 Å². The van der Waals surface area contributed by atoms with Crippen LogP contribution in [-0.4, -0.2) is 94.7 Å². The fourth-order valence-electron chi connectivity index (χ4n) is 5.80. The maximum atomic E-state index is 7.03. The molecule has 1 aliphatic carbocycles. The van der Waals surface area contributed by atoms with Gasteiger partial charge in [-0.25, -0.2) is 4.67 Å². The van der Waals surface area contributed by atoms with Crippen molar-refractivity contribution in [3.05, 3.63) is 0 Å². The number of hydrogen-bond donors (Lipinski definition) is 0. The van der Waals surface area contributed by atoms with Gasteiger partial charge in [0.25, 0.3) is 8.53 Å². The van der Waals surface area contributed by atoms with E-state index >= 15 is 0 Å². The van der Waals surface area contributed by atoms with Gasteiger partial charge in [0.1, 0.15) is 6.10 Å². The summed E-state index contributed by atoms with van der Waals surface area (Å²) < 4.78 is 60.9. The summed E-state index contributed by atoms with van der Waals surface area (Å²) in [5, 5.41) is 0. The van der Waals surface area contributed by atoms with Gasteiger partial charge >= 0.3 is 9.05 Å². The summed E-state index contributed by atoms with van der Waals surface area (Å²) in [4.78, 5) is 0. The summed E-state index contributed by atoms with van der Waals surface area (Å²) >= 11 is 0. The number of rotatable bonds is 17. The smallest absolute Gasteiger partial charge is 0.395 e. The van der Waals surface area contributed by atoms with Crippen LogP contribution in [0.5, 0.6) is 0 Å². The van der Waals surface area contributed by atoms with E-state index in [0.717, 1.165) is 25.7 Å². The summed E-state index contributed by atoms with van der Waals surface area (Å²) in [5.74, 6) is -1.27. The van der Waals surface area contributed by atoms with Crippen LogP contribution >= 0.6 is 8.53 Å². The fourth-order valence-corrected chi connectivity index (χ4v) is 15.9. The summed E-state index contributed by atoms with van der Waals surface area (Å²) in [7, 11) is -4.54. The first-order valence-electron chi connectivity index (χ1n) is 16.8. The molecule has 2 fully saturated rings. The van der Waals surface area contributed by atoms with Crippen LogP contribution in [0.1, 0.15) is 91.9 Å². The molecule has 1 saturated carbocycles. The molecule has 0 amide bonds. The Kier molecular flexibility index (Phi) is 17.1. The molecule has 4 atom stereocenters. The van der Waals surface area contributed by atoms with Gasteiger partial charge in [0.15, 0.2) is 22.9 Å². The average Bonchev–Trinajstić information content (AvgIpc) is 3.26. The molecule has 14 heteroatoms. The molecule has 1 unspecified atom stereocenters. The number of methoxy groups -OCH3 is 2. The second kappa shape index (κ2) is 18.4.